The lowest BCUT2D eigenvalue weighted by molar-refractivity contribution is -0.175. The van der Waals surface area contributed by atoms with E-state index in [0.29, 0.717) is 17.9 Å². The zero-order valence-electron chi connectivity index (χ0n) is 37.0. The standard InChI is InChI=1S/2C21H24BCl2NO9/c1-11(2)5-12(22-33-18(29)9-21(34-22,20(31)32)8-17(27)28)6-14(26)10-25-19(30)15-7-13(23)3-4-16(15)24;1-11(2)5-12(22-33-20(32)21(34-22,8-17(27)28)9-18(29)30)6-14(26)10-25-19(31)15-7-13(23)3-4-16(15)24/h3-4,7,11-12H,5-6,8-10H2,1-2H3,(H,25,30)(H,27,28)(H,31,32);3-4,7,11-12H,5-6,8-10H2,1-2H3,(H,25,31)(H,27,28)(H,29,30)/t12-,21?;12-/m11/s1. The number of carboxylic acids is 4. The first-order valence-corrected chi connectivity index (χ1v) is 22.3. The molecular formula is C42H48B2Cl4N2O18. The van der Waals surface area contributed by atoms with Crippen molar-refractivity contribution in [3.8, 4) is 0 Å². The molecule has 2 aliphatic rings. The zero-order valence-corrected chi connectivity index (χ0v) is 40.0. The van der Waals surface area contributed by atoms with Crippen molar-refractivity contribution in [3.05, 3.63) is 67.6 Å². The van der Waals surface area contributed by atoms with Crippen LogP contribution in [0.2, 0.25) is 31.7 Å². The molecule has 0 radical (unpaired) electrons. The smallest absolute Gasteiger partial charge is 0.509 e. The molecule has 368 valence electrons. The van der Waals surface area contributed by atoms with Gasteiger partial charge in [-0.1, -0.05) is 74.1 Å². The lowest BCUT2D eigenvalue weighted by atomic mass is 9.63. The molecule has 0 bridgehead atoms. The third-order valence-corrected chi connectivity index (χ3v) is 11.3. The second-order valence-corrected chi connectivity index (χ2v) is 18.6. The number of carbonyl (C=O) groups is 10. The molecule has 2 aromatic carbocycles. The van der Waals surface area contributed by atoms with Crippen molar-refractivity contribution in [3.63, 3.8) is 0 Å². The van der Waals surface area contributed by atoms with Crippen LogP contribution in [0.25, 0.3) is 0 Å². The van der Waals surface area contributed by atoms with E-state index in [0.717, 1.165) is 0 Å². The van der Waals surface area contributed by atoms with Crippen molar-refractivity contribution in [2.24, 2.45) is 11.8 Å². The first-order valence-electron chi connectivity index (χ1n) is 20.8. The number of Topliss-reactive ketones (excluding diaryl/α,β-unsaturated/α-hetero) is 2. The molecule has 1 unspecified atom stereocenters. The van der Waals surface area contributed by atoms with Crippen LogP contribution in [0.3, 0.4) is 0 Å². The highest BCUT2D eigenvalue weighted by Gasteiger charge is 2.58. The molecule has 2 fully saturated rings. The van der Waals surface area contributed by atoms with E-state index in [1.165, 1.54) is 36.4 Å². The van der Waals surface area contributed by atoms with Crippen LogP contribution in [0.5, 0.6) is 0 Å². The van der Waals surface area contributed by atoms with Gasteiger partial charge in [0.25, 0.3) is 17.8 Å². The van der Waals surface area contributed by atoms with E-state index in [2.05, 4.69) is 10.6 Å². The molecule has 68 heavy (non-hydrogen) atoms. The summed E-state index contributed by atoms with van der Waals surface area (Å²) < 4.78 is 21.5. The Morgan fingerprint density at radius 3 is 1.43 bits per heavy atom. The monoisotopic (exact) mass is 1030 g/mol. The number of rotatable bonds is 23. The van der Waals surface area contributed by atoms with Gasteiger partial charge in [0, 0.05) is 34.5 Å². The first-order chi connectivity index (χ1) is 31.6. The molecule has 3 atom stereocenters. The Morgan fingerprint density at radius 2 is 1.04 bits per heavy atom. The SMILES string of the molecule is CC(C)C[C@H](CC(=O)CNC(=O)c1cc(Cl)ccc1Cl)B1OC(=O)C(CC(=O)O)(CC(=O)O)O1.CC(C)C[C@H](CC(=O)CNC(=O)c1cc(Cl)ccc1Cl)B1OC(=O)CC(CC(=O)O)(C(=O)O)O1. The molecule has 0 aromatic heterocycles. The second-order valence-electron chi connectivity index (χ2n) is 16.9. The number of amides is 2. The Kier molecular flexibility index (Phi) is 21.3. The normalized spacial score (nSPS) is 17.3. The quantitative estimate of drug-likeness (QED) is 0.0728. The predicted octanol–water partition coefficient (Wildman–Crippen LogP) is 5.70. The minimum absolute atomic E-state index is 0.000545. The highest BCUT2D eigenvalue weighted by molar-refractivity contribution is 6.52. The summed E-state index contributed by atoms with van der Waals surface area (Å²) in [5, 5.41) is 42.8. The molecule has 4 rings (SSSR count). The average molecular weight is 1030 g/mol. The van der Waals surface area contributed by atoms with Gasteiger partial charge in [-0.15, -0.1) is 0 Å². The van der Waals surface area contributed by atoms with Crippen LogP contribution in [0.4, 0.5) is 0 Å². The van der Waals surface area contributed by atoms with Gasteiger partial charge in [-0.25, -0.2) is 4.79 Å². The van der Waals surface area contributed by atoms with E-state index < -0.39 is 122 Å². The van der Waals surface area contributed by atoms with Crippen LogP contribution in [0.1, 0.15) is 99.8 Å². The van der Waals surface area contributed by atoms with Crippen molar-refractivity contribution in [1.82, 2.24) is 10.6 Å². The fourth-order valence-corrected chi connectivity index (χ4v) is 8.08. The highest BCUT2D eigenvalue weighted by Crippen LogP contribution is 2.39. The van der Waals surface area contributed by atoms with Crippen molar-refractivity contribution >= 4 is 120 Å². The summed E-state index contributed by atoms with van der Waals surface area (Å²) in [7, 11) is -2.75. The molecule has 0 saturated carbocycles. The molecular weight excluding hydrogens is 984 g/mol. The third-order valence-electron chi connectivity index (χ3n) is 10.2. The van der Waals surface area contributed by atoms with E-state index in [1.807, 2.05) is 27.7 Å². The Labute approximate surface area is 410 Å². The van der Waals surface area contributed by atoms with Crippen LogP contribution in [0, 0.1) is 11.8 Å². The molecule has 2 aliphatic heterocycles. The molecule has 6 N–H and O–H groups in total. The number of hydrogen-bond acceptors (Lipinski definition) is 14. The number of carbonyl (C=O) groups excluding carboxylic acids is 6. The number of halogens is 4. The highest BCUT2D eigenvalue weighted by atomic mass is 35.5. The van der Waals surface area contributed by atoms with Gasteiger partial charge in [0.15, 0.2) is 22.8 Å². The Balaban J connectivity index is 0.000000360. The fourth-order valence-electron chi connectivity index (χ4n) is 7.33. The van der Waals surface area contributed by atoms with Crippen molar-refractivity contribution < 1.29 is 87.0 Å². The second kappa shape index (κ2) is 25.4. The van der Waals surface area contributed by atoms with Gasteiger partial charge in [-0.05, 0) is 61.1 Å². The van der Waals surface area contributed by atoms with Gasteiger partial charge in [0.2, 0.25) is 0 Å². The molecule has 26 heteroatoms. The van der Waals surface area contributed by atoms with Crippen LogP contribution in [-0.2, 0) is 57.0 Å². The van der Waals surface area contributed by atoms with Gasteiger partial charge < -0.3 is 49.7 Å². The van der Waals surface area contributed by atoms with E-state index in [1.54, 1.807) is 0 Å². The Morgan fingerprint density at radius 1 is 0.632 bits per heavy atom. The van der Waals surface area contributed by atoms with E-state index in [4.69, 9.17) is 80.3 Å². The van der Waals surface area contributed by atoms with Crippen molar-refractivity contribution in [2.45, 2.75) is 102 Å². The number of hydrogen-bond donors (Lipinski definition) is 6. The zero-order chi connectivity index (χ0) is 51.3. The Hall–Kier alpha value is -5.25. The molecule has 2 amide bonds. The maximum atomic E-state index is 12.6. The van der Waals surface area contributed by atoms with Gasteiger partial charge in [-0.3, -0.25) is 43.2 Å². The fraction of sp³-hybridized carbons (Fsp3) is 0.476. The van der Waals surface area contributed by atoms with Crippen LogP contribution < -0.4 is 10.6 Å². The largest absolute Gasteiger partial charge is 0.531 e. The topological polar surface area (TPSA) is 313 Å². The minimum Gasteiger partial charge on any atom is -0.509 e. The van der Waals surface area contributed by atoms with Crippen LogP contribution >= 0.6 is 46.4 Å². The van der Waals surface area contributed by atoms with Crippen LogP contribution in [-0.4, -0.2) is 118 Å². The summed E-state index contributed by atoms with van der Waals surface area (Å²) in [6.45, 7) is 6.67. The summed E-state index contributed by atoms with van der Waals surface area (Å²) in [5.41, 5.74) is -4.30. The lowest BCUT2D eigenvalue weighted by Gasteiger charge is -2.37. The number of aliphatic carboxylic acids is 4. The van der Waals surface area contributed by atoms with Gasteiger partial charge >= 0.3 is 44.1 Å². The van der Waals surface area contributed by atoms with Crippen molar-refractivity contribution in [2.75, 3.05) is 13.1 Å². The van der Waals surface area contributed by atoms with Gasteiger partial charge in [0.05, 0.1) is 59.9 Å². The summed E-state index contributed by atoms with van der Waals surface area (Å²) >= 11 is 23.7. The number of ketones is 2. The van der Waals surface area contributed by atoms with Crippen LogP contribution in [0.15, 0.2) is 36.4 Å². The van der Waals surface area contributed by atoms with Gasteiger partial charge in [0.1, 0.15) is 0 Å². The van der Waals surface area contributed by atoms with Crippen molar-refractivity contribution in [1.29, 1.82) is 0 Å². The van der Waals surface area contributed by atoms with E-state index >= 15 is 0 Å². The van der Waals surface area contributed by atoms with E-state index in [-0.39, 0.29) is 64.0 Å². The van der Waals surface area contributed by atoms with E-state index in [9.17, 15) is 53.1 Å². The molecule has 2 saturated heterocycles. The minimum atomic E-state index is -2.30. The molecule has 2 aromatic rings. The number of carboxylic acid groups (broad SMARTS) is 4. The molecule has 20 nitrogen and oxygen atoms in total. The predicted molar refractivity (Wildman–Crippen MR) is 244 cm³/mol. The summed E-state index contributed by atoms with van der Waals surface area (Å²) in [6.07, 6.45) is -3.25. The number of benzene rings is 2. The summed E-state index contributed by atoms with van der Waals surface area (Å²) in [6, 6.07) is 8.64. The Bertz CT molecular complexity index is 2240. The maximum Gasteiger partial charge on any atom is 0.531 e. The summed E-state index contributed by atoms with van der Waals surface area (Å²) in [4.78, 5) is 120. The molecule has 0 spiro atoms. The van der Waals surface area contributed by atoms with Gasteiger partial charge in [-0.2, -0.15) is 0 Å². The summed E-state index contributed by atoms with van der Waals surface area (Å²) in [5.74, 6) is -11.5. The first kappa shape index (κ1) is 57.1. The molecule has 0 aliphatic carbocycles. The molecule has 2 heterocycles. The number of nitrogens with one attached hydrogen (secondary N) is 2. The average Bonchev–Trinajstić information content (AvgIpc) is 3.52. The maximum absolute atomic E-state index is 12.6. The third kappa shape index (κ3) is 17.1. The lowest BCUT2D eigenvalue weighted by Crippen LogP contribution is -2.56.